The molecule has 0 radical (unpaired) electrons. The highest BCUT2D eigenvalue weighted by Gasteiger charge is 2.23. The van der Waals surface area contributed by atoms with Crippen molar-refractivity contribution < 1.29 is 27.5 Å². The fraction of sp³-hybridized carbons (Fsp3) is 0.538. The Labute approximate surface area is 128 Å². The van der Waals surface area contributed by atoms with Gasteiger partial charge in [0.25, 0.3) is 5.91 Å². The quantitative estimate of drug-likeness (QED) is 0.638. The Balaban J connectivity index is 2.69. The van der Waals surface area contributed by atoms with Crippen LogP contribution in [-0.2, 0) is 21.4 Å². The van der Waals surface area contributed by atoms with Gasteiger partial charge in [-0.05, 0) is 24.5 Å². The largest absolute Gasteiger partial charge is 0.480 e. The van der Waals surface area contributed by atoms with Gasteiger partial charge in [-0.15, -0.1) is 0 Å². The summed E-state index contributed by atoms with van der Waals surface area (Å²) in [6.07, 6.45) is 1.30. The predicted molar refractivity (Wildman–Crippen MR) is 78.7 cm³/mol. The maximum Gasteiger partial charge on any atom is 0.326 e. The smallest absolute Gasteiger partial charge is 0.326 e. The Bertz CT molecular complexity index is 635. The summed E-state index contributed by atoms with van der Waals surface area (Å²) in [4.78, 5) is 23.0. The first kappa shape index (κ1) is 18.2. The van der Waals surface area contributed by atoms with Crippen molar-refractivity contribution in [3.8, 4) is 0 Å². The lowest BCUT2D eigenvalue weighted by molar-refractivity contribution is -0.139. The molecule has 0 saturated heterocycles. The van der Waals surface area contributed by atoms with Crippen LogP contribution in [0.2, 0.25) is 0 Å². The molecule has 0 bridgehead atoms. The molecule has 1 aromatic rings. The fourth-order valence-corrected chi connectivity index (χ4v) is 2.12. The van der Waals surface area contributed by atoms with Gasteiger partial charge in [0.05, 0.1) is 12.8 Å². The first-order valence-electron chi connectivity index (χ1n) is 6.65. The molecule has 1 aromatic heterocycles. The number of nitrogens with one attached hydrogen (secondary N) is 2. The number of sulfonamides is 1. The second kappa shape index (κ2) is 7.41. The first-order chi connectivity index (χ1) is 10.1. The van der Waals surface area contributed by atoms with Crippen molar-refractivity contribution >= 4 is 21.9 Å². The lowest BCUT2D eigenvalue weighted by Gasteiger charge is -2.15. The minimum Gasteiger partial charge on any atom is -0.480 e. The van der Waals surface area contributed by atoms with Crippen LogP contribution in [0, 0.1) is 5.92 Å². The molecule has 0 aliphatic carbocycles. The zero-order valence-corrected chi connectivity index (χ0v) is 13.4. The number of rotatable bonds is 8. The third-order valence-corrected chi connectivity index (χ3v) is 3.37. The lowest BCUT2D eigenvalue weighted by Crippen LogP contribution is -2.41. The lowest BCUT2D eigenvalue weighted by atomic mass is 10.0. The van der Waals surface area contributed by atoms with Crippen LogP contribution in [-0.4, -0.2) is 37.7 Å². The number of hydrogen-bond acceptors (Lipinski definition) is 5. The zero-order valence-electron chi connectivity index (χ0n) is 12.6. The number of amides is 1. The van der Waals surface area contributed by atoms with Gasteiger partial charge in [-0.1, -0.05) is 13.8 Å². The summed E-state index contributed by atoms with van der Waals surface area (Å²) in [6, 6.07) is 1.81. The van der Waals surface area contributed by atoms with Crippen molar-refractivity contribution in [2.24, 2.45) is 5.92 Å². The van der Waals surface area contributed by atoms with E-state index in [1.165, 1.54) is 12.1 Å². The van der Waals surface area contributed by atoms with E-state index >= 15 is 0 Å². The fourth-order valence-electron chi connectivity index (χ4n) is 1.72. The monoisotopic (exact) mass is 332 g/mol. The summed E-state index contributed by atoms with van der Waals surface area (Å²) >= 11 is 0. The van der Waals surface area contributed by atoms with Crippen LogP contribution in [0.15, 0.2) is 16.5 Å². The van der Waals surface area contributed by atoms with Crippen molar-refractivity contribution in [2.75, 3.05) is 6.26 Å². The van der Waals surface area contributed by atoms with Crippen molar-refractivity contribution in [3.05, 3.63) is 23.7 Å². The minimum atomic E-state index is -3.37. The molecular formula is C13H20N2O6S. The molecule has 0 aliphatic rings. The van der Waals surface area contributed by atoms with Crippen molar-refractivity contribution in [3.63, 3.8) is 0 Å². The van der Waals surface area contributed by atoms with Gasteiger partial charge in [0, 0.05) is 0 Å². The van der Waals surface area contributed by atoms with E-state index in [1.54, 1.807) is 0 Å². The van der Waals surface area contributed by atoms with E-state index < -0.39 is 27.9 Å². The third-order valence-electron chi connectivity index (χ3n) is 2.70. The highest BCUT2D eigenvalue weighted by molar-refractivity contribution is 7.88. The molecule has 0 aromatic carbocycles. The van der Waals surface area contributed by atoms with Crippen LogP contribution >= 0.6 is 0 Å². The molecule has 0 spiro atoms. The number of aliphatic carboxylic acids is 1. The SMILES string of the molecule is CC(C)CC(NC(=O)c1ccc(CNS(C)(=O)=O)o1)C(=O)O. The summed E-state index contributed by atoms with van der Waals surface area (Å²) in [5.74, 6) is -1.48. The Morgan fingerprint density at radius 3 is 2.45 bits per heavy atom. The van der Waals surface area contributed by atoms with E-state index in [2.05, 4.69) is 10.0 Å². The molecule has 0 aliphatic heterocycles. The molecule has 1 heterocycles. The molecule has 0 fully saturated rings. The molecule has 3 N–H and O–H groups in total. The average molecular weight is 332 g/mol. The van der Waals surface area contributed by atoms with E-state index in [0.717, 1.165) is 6.26 Å². The molecule has 1 atom stereocenters. The number of hydrogen-bond donors (Lipinski definition) is 3. The van der Waals surface area contributed by atoms with Crippen LogP contribution in [0.5, 0.6) is 0 Å². The van der Waals surface area contributed by atoms with Crippen LogP contribution in [0.25, 0.3) is 0 Å². The third kappa shape index (κ3) is 6.27. The number of furan rings is 1. The summed E-state index contributed by atoms with van der Waals surface area (Å²) in [7, 11) is -3.37. The second-order valence-corrected chi connectivity index (χ2v) is 7.19. The van der Waals surface area contributed by atoms with Crippen LogP contribution in [0.3, 0.4) is 0 Å². The normalized spacial score (nSPS) is 13.1. The van der Waals surface area contributed by atoms with E-state index in [9.17, 15) is 18.0 Å². The van der Waals surface area contributed by atoms with Gasteiger partial charge in [-0.2, -0.15) is 0 Å². The number of carbonyl (C=O) groups excluding carboxylic acids is 1. The highest BCUT2D eigenvalue weighted by atomic mass is 32.2. The predicted octanol–water partition coefficient (Wildman–Crippen LogP) is 0.558. The van der Waals surface area contributed by atoms with Gasteiger partial charge in [0.1, 0.15) is 11.8 Å². The molecule has 1 amide bonds. The number of carbonyl (C=O) groups is 2. The number of carboxylic acids is 1. The summed E-state index contributed by atoms with van der Waals surface area (Å²) in [6.45, 7) is 3.62. The van der Waals surface area contributed by atoms with Gasteiger partial charge in [0.2, 0.25) is 10.0 Å². The molecule has 0 saturated carbocycles. The van der Waals surface area contributed by atoms with Gasteiger partial charge in [-0.25, -0.2) is 17.9 Å². The van der Waals surface area contributed by atoms with Crippen molar-refractivity contribution in [1.29, 1.82) is 0 Å². The Morgan fingerprint density at radius 2 is 1.95 bits per heavy atom. The molecular weight excluding hydrogens is 312 g/mol. The molecule has 9 heteroatoms. The maximum absolute atomic E-state index is 11.9. The van der Waals surface area contributed by atoms with Gasteiger partial charge < -0.3 is 14.8 Å². The first-order valence-corrected chi connectivity index (χ1v) is 8.54. The summed E-state index contributed by atoms with van der Waals surface area (Å²) in [5, 5.41) is 11.5. The Kier molecular flexibility index (Phi) is 6.12. The van der Waals surface area contributed by atoms with Crippen molar-refractivity contribution in [1.82, 2.24) is 10.0 Å². The average Bonchev–Trinajstić information content (AvgIpc) is 2.82. The summed E-state index contributed by atoms with van der Waals surface area (Å²) in [5.41, 5.74) is 0. The molecule has 8 nitrogen and oxygen atoms in total. The van der Waals surface area contributed by atoms with E-state index in [4.69, 9.17) is 9.52 Å². The minimum absolute atomic E-state index is 0.0692. The van der Waals surface area contributed by atoms with Gasteiger partial charge in [-0.3, -0.25) is 4.79 Å². The zero-order chi connectivity index (χ0) is 16.9. The summed E-state index contributed by atoms with van der Waals surface area (Å²) < 4.78 is 29.4. The standard InChI is InChI=1S/C13H20N2O6S/c1-8(2)6-10(13(17)18)15-12(16)11-5-4-9(21-11)7-14-22(3,19)20/h4-5,8,10,14H,6-7H2,1-3H3,(H,15,16)(H,17,18). The van der Waals surface area contributed by atoms with Crippen LogP contribution in [0.4, 0.5) is 0 Å². The maximum atomic E-state index is 11.9. The van der Waals surface area contributed by atoms with Crippen LogP contribution < -0.4 is 10.0 Å². The number of carboxylic acid groups (broad SMARTS) is 1. The van der Waals surface area contributed by atoms with Gasteiger partial charge in [0.15, 0.2) is 5.76 Å². The topological polar surface area (TPSA) is 126 Å². The second-order valence-electron chi connectivity index (χ2n) is 5.35. The molecule has 1 rings (SSSR count). The molecule has 124 valence electrons. The van der Waals surface area contributed by atoms with E-state index in [-0.39, 0.29) is 24.0 Å². The molecule has 22 heavy (non-hydrogen) atoms. The Hall–Kier alpha value is -1.87. The molecule has 1 unspecified atom stereocenters. The Morgan fingerprint density at radius 1 is 1.32 bits per heavy atom. The van der Waals surface area contributed by atoms with Gasteiger partial charge >= 0.3 is 5.97 Å². The van der Waals surface area contributed by atoms with Crippen LogP contribution in [0.1, 0.15) is 36.6 Å². The van der Waals surface area contributed by atoms with E-state index in [1.807, 2.05) is 13.8 Å². The highest BCUT2D eigenvalue weighted by Crippen LogP contribution is 2.10. The van der Waals surface area contributed by atoms with Crippen molar-refractivity contribution in [2.45, 2.75) is 32.9 Å². The van der Waals surface area contributed by atoms with E-state index in [0.29, 0.717) is 6.42 Å².